The van der Waals surface area contributed by atoms with Crippen LogP contribution in [0.4, 0.5) is 0 Å². The molecule has 0 aliphatic carbocycles. The van der Waals surface area contributed by atoms with Gasteiger partial charge in [-0.15, -0.1) is 0 Å². The summed E-state index contributed by atoms with van der Waals surface area (Å²) in [7, 11) is 0. The topological polar surface area (TPSA) is 49.7 Å². The highest BCUT2D eigenvalue weighted by molar-refractivity contribution is 9.10. The van der Waals surface area contributed by atoms with Crippen LogP contribution in [-0.2, 0) is 11.2 Å². The smallest absolute Gasteiger partial charge is 0.306 e. The van der Waals surface area contributed by atoms with E-state index in [1.165, 1.54) is 5.56 Å². The van der Waals surface area contributed by atoms with E-state index in [-0.39, 0.29) is 11.5 Å². The zero-order valence-corrected chi connectivity index (χ0v) is 13.7. The molecule has 0 bridgehead atoms. The molecule has 2 unspecified atom stereocenters. The maximum Gasteiger partial charge on any atom is 0.306 e. The van der Waals surface area contributed by atoms with E-state index < -0.39 is 5.97 Å². The maximum absolute atomic E-state index is 11.2. The van der Waals surface area contributed by atoms with Crippen LogP contribution >= 0.6 is 15.9 Å². The third-order valence-electron chi connectivity index (χ3n) is 3.99. The van der Waals surface area contributed by atoms with E-state index in [4.69, 9.17) is 0 Å². The Labute approximate surface area is 133 Å². The summed E-state index contributed by atoms with van der Waals surface area (Å²) in [5, 5.41) is 9.19. The van der Waals surface area contributed by atoms with E-state index in [0.29, 0.717) is 12.8 Å². The Morgan fingerprint density at radius 1 is 1.48 bits per heavy atom. The number of nitrogens with zero attached hydrogens (tertiary/aromatic N) is 1. The van der Waals surface area contributed by atoms with Crippen LogP contribution in [0, 0.1) is 5.92 Å². The van der Waals surface area contributed by atoms with Crippen LogP contribution in [-0.4, -0.2) is 22.8 Å². The first-order valence-corrected chi connectivity index (χ1v) is 8.04. The molecular formula is C17H20BrNO2. The third-order valence-corrected chi connectivity index (χ3v) is 4.48. The molecule has 0 radical (unpaired) electrons. The summed E-state index contributed by atoms with van der Waals surface area (Å²) in [6.45, 7) is 1.92. The lowest BCUT2D eigenvalue weighted by atomic mass is 9.84. The molecule has 1 heterocycles. The normalized spacial score (nSPS) is 21.6. The third kappa shape index (κ3) is 4.27. The Hall–Kier alpha value is -1.42. The summed E-state index contributed by atoms with van der Waals surface area (Å²) in [6, 6.07) is 8.20. The second-order valence-corrected chi connectivity index (χ2v) is 6.45. The number of hydrogen-bond donors (Lipinski definition) is 1. The molecule has 112 valence electrons. The van der Waals surface area contributed by atoms with Crippen LogP contribution < -0.4 is 0 Å². The zero-order chi connectivity index (χ0) is 15.3. The number of carboxylic acids is 1. The number of allylic oxidation sites excluding steroid dienone is 1. The van der Waals surface area contributed by atoms with Gasteiger partial charge in [0.1, 0.15) is 0 Å². The average molecular weight is 350 g/mol. The van der Waals surface area contributed by atoms with Crippen LogP contribution in [0.1, 0.15) is 31.7 Å². The second-order valence-electron chi connectivity index (χ2n) is 5.53. The summed E-state index contributed by atoms with van der Waals surface area (Å²) < 4.78 is 1.05. The first-order chi connectivity index (χ1) is 10.0. The first kappa shape index (κ1) is 16.0. The van der Waals surface area contributed by atoms with Gasteiger partial charge in [0, 0.05) is 17.1 Å². The lowest BCUT2D eigenvalue weighted by Crippen LogP contribution is -2.27. The molecule has 1 aromatic rings. The van der Waals surface area contributed by atoms with Crippen molar-refractivity contribution in [3.05, 3.63) is 46.5 Å². The van der Waals surface area contributed by atoms with Gasteiger partial charge in [-0.1, -0.05) is 41.1 Å². The molecule has 1 aromatic carbocycles. The number of rotatable bonds is 7. The van der Waals surface area contributed by atoms with Crippen LogP contribution in [0.5, 0.6) is 0 Å². The van der Waals surface area contributed by atoms with E-state index in [0.717, 1.165) is 17.3 Å². The molecule has 3 nitrogen and oxygen atoms in total. The average Bonchev–Trinajstić information content (AvgIpc) is 2.88. The Balaban J connectivity index is 2.09. The van der Waals surface area contributed by atoms with Crippen molar-refractivity contribution in [1.82, 2.24) is 0 Å². The van der Waals surface area contributed by atoms with E-state index in [9.17, 15) is 9.90 Å². The van der Waals surface area contributed by atoms with Crippen molar-refractivity contribution in [3.8, 4) is 0 Å². The molecule has 2 atom stereocenters. The quantitative estimate of drug-likeness (QED) is 0.799. The van der Waals surface area contributed by atoms with Gasteiger partial charge in [0.15, 0.2) is 0 Å². The van der Waals surface area contributed by atoms with Gasteiger partial charge in [0.2, 0.25) is 0 Å². The van der Waals surface area contributed by atoms with Gasteiger partial charge in [0.05, 0.1) is 11.5 Å². The van der Waals surface area contributed by atoms with Crippen LogP contribution in [0.15, 0.2) is 45.9 Å². The van der Waals surface area contributed by atoms with Crippen molar-refractivity contribution in [2.75, 3.05) is 0 Å². The minimum absolute atomic E-state index is 0.284. The fourth-order valence-corrected chi connectivity index (χ4v) is 3.17. The van der Waals surface area contributed by atoms with Gasteiger partial charge in [-0.05, 0) is 43.0 Å². The van der Waals surface area contributed by atoms with E-state index >= 15 is 0 Å². The predicted octanol–water partition coefficient (Wildman–Crippen LogP) is 4.26. The van der Waals surface area contributed by atoms with Gasteiger partial charge >= 0.3 is 5.97 Å². The molecule has 0 aromatic heterocycles. The SMILES string of the molecule is CCC(CCC1(Cc2cccc(Br)c2)C=CC=N1)C(=O)O. The largest absolute Gasteiger partial charge is 0.481 e. The monoisotopic (exact) mass is 349 g/mol. The summed E-state index contributed by atoms with van der Waals surface area (Å²) >= 11 is 3.49. The highest BCUT2D eigenvalue weighted by Crippen LogP contribution is 2.31. The number of benzene rings is 1. The first-order valence-electron chi connectivity index (χ1n) is 7.25. The van der Waals surface area contributed by atoms with Crippen molar-refractivity contribution < 1.29 is 9.90 Å². The van der Waals surface area contributed by atoms with Gasteiger partial charge in [-0.25, -0.2) is 0 Å². The summed E-state index contributed by atoms with van der Waals surface area (Å²) in [5.41, 5.74) is 0.917. The molecule has 2 rings (SSSR count). The predicted molar refractivity (Wildman–Crippen MR) is 88.9 cm³/mol. The second kappa shape index (κ2) is 7.03. The van der Waals surface area contributed by atoms with Gasteiger partial charge in [0.25, 0.3) is 0 Å². The minimum atomic E-state index is -0.707. The molecule has 21 heavy (non-hydrogen) atoms. The molecular weight excluding hydrogens is 330 g/mol. The fraction of sp³-hybridized carbons (Fsp3) is 0.412. The van der Waals surface area contributed by atoms with Gasteiger partial charge < -0.3 is 5.11 Å². The van der Waals surface area contributed by atoms with Gasteiger partial charge in [-0.2, -0.15) is 0 Å². The molecule has 0 fully saturated rings. The zero-order valence-electron chi connectivity index (χ0n) is 12.1. The summed E-state index contributed by atoms with van der Waals surface area (Å²) in [6.07, 6.45) is 8.76. The standard InChI is InChI=1S/C17H20BrNO2/c1-2-14(16(20)21)7-9-17(8-4-10-19-17)12-13-5-3-6-15(18)11-13/h3-6,8,10-11,14H,2,7,9,12H2,1H3,(H,20,21). The Morgan fingerprint density at radius 3 is 2.86 bits per heavy atom. The summed E-state index contributed by atoms with van der Waals surface area (Å²) in [4.78, 5) is 15.8. The molecule has 1 N–H and O–H groups in total. The van der Waals surface area contributed by atoms with Crippen LogP contribution in [0.3, 0.4) is 0 Å². The number of aliphatic imine (C=N–C) groups is 1. The molecule has 0 spiro atoms. The number of carbonyl (C=O) groups is 1. The Kier molecular flexibility index (Phi) is 5.34. The van der Waals surface area contributed by atoms with Crippen molar-refractivity contribution in [2.24, 2.45) is 10.9 Å². The molecule has 4 heteroatoms. The molecule has 0 saturated heterocycles. The number of hydrogen-bond acceptors (Lipinski definition) is 2. The van der Waals surface area contributed by atoms with E-state index in [1.54, 1.807) is 0 Å². The Morgan fingerprint density at radius 2 is 2.29 bits per heavy atom. The highest BCUT2D eigenvalue weighted by atomic mass is 79.9. The van der Waals surface area contributed by atoms with Crippen molar-refractivity contribution >= 4 is 28.1 Å². The minimum Gasteiger partial charge on any atom is -0.481 e. The van der Waals surface area contributed by atoms with Crippen LogP contribution in [0.2, 0.25) is 0 Å². The lowest BCUT2D eigenvalue weighted by Gasteiger charge is -2.26. The fourth-order valence-electron chi connectivity index (χ4n) is 2.72. The van der Waals surface area contributed by atoms with E-state index in [2.05, 4.69) is 39.1 Å². The van der Waals surface area contributed by atoms with Crippen molar-refractivity contribution in [2.45, 2.75) is 38.1 Å². The van der Waals surface area contributed by atoms with Gasteiger partial charge in [-0.3, -0.25) is 9.79 Å². The van der Waals surface area contributed by atoms with Crippen LogP contribution in [0.25, 0.3) is 0 Å². The molecule has 0 saturated carbocycles. The summed E-state index contributed by atoms with van der Waals surface area (Å²) in [5.74, 6) is -0.991. The molecule has 1 aliphatic heterocycles. The Bertz CT molecular complexity index is 554. The highest BCUT2D eigenvalue weighted by Gasteiger charge is 2.30. The van der Waals surface area contributed by atoms with E-state index in [1.807, 2.05) is 31.3 Å². The van der Waals surface area contributed by atoms with Crippen molar-refractivity contribution in [3.63, 3.8) is 0 Å². The lowest BCUT2D eigenvalue weighted by molar-refractivity contribution is -0.142. The number of halogens is 1. The molecule has 1 aliphatic rings. The van der Waals surface area contributed by atoms with Crippen molar-refractivity contribution in [1.29, 1.82) is 0 Å². The molecule has 0 amide bonds. The number of carboxylic acid groups (broad SMARTS) is 1. The maximum atomic E-state index is 11.2. The number of aliphatic carboxylic acids is 1.